The summed E-state index contributed by atoms with van der Waals surface area (Å²) in [5, 5.41) is 0.822. The first-order chi connectivity index (χ1) is 11.4. The first-order valence-corrected chi connectivity index (χ1v) is 8.45. The number of ether oxygens (including phenoxy) is 1. The van der Waals surface area contributed by atoms with Gasteiger partial charge in [0.2, 0.25) is 0 Å². The SMILES string of the molecule is CCC(=O)C1=C(C)N(C)C2=C(C(=O)OC2)C1c1ccc(Cl)c(Cl)c1. The third kappa shape index (κ3) is 2.54. The highest BCUT2D eigenvalue weighted by Crippen LogP contribution is 2.45. The van der Waals surface area contributed by atoms with Gasteiger partial charge >= 0.3 is 5.97 Å². The lowest BCUT2D eigenvalue weighted by Crippen LogP contribution is -2.30. The lowest BCUT2D eigenvalue weighted by molar-refractivity contribution is -0.136. The van der Waals surface area contributed by atoms with Crippen LogP contribution in [0.2, 0.25) is 10.0 Å². The van der Waals surface area contributed by atoms with E-state index in [0.717, 1.165) is 17.0 Å². The zero-order valence-corrected chi connectivity index (χ0v) is 15.2. The van der Waals surface area contributed by atoms with Crippen molar-refractivity contribution in [3.05, 3.63) is 56.3 Å². The molecule has 1 unspecified atom stereocenters. The number of rotatable bonds is 3. The Morgan fingerprint density at radius 3 is 2.67 bits per heavy atom. The van der Waals surface area contributed by atoms with Crippen LogP contribution < -0.4 is 0 Å². The van der Waals surface area contributed by atoms with Crippen LogP contribution in [0, 0.1) is 0 Å². The van der Waals surface area contributed by atoms with Crippen LogP contribution in [-0.2, 0) is 14.3 Å². The molecule has 0 N–H and O–H groups in total. The number of benzene rings is 1. The number of cyclic esters (lactones) is 1. The Hall–Kier alpha value is -1.78. The van der Waals surface area contributed by atoms with Crippen LogP contribution >= 0.6 is 23.2 Å². The number of halogens is 2. The largest absolute Gasteiger partial charge is 0.456 e. The van der Waals surface area contributed by atoms with Crippen LogP contribution in [0.5, 0.6) is 0 Å². The summed E-state index contributed by atoms with van der Waals surface area (Å²) < 4.78 is 5.23. The predicted molar refractivity (Wildman–Crippen MR) is 92.9 cm³/mol. The molecule has 0 fully saturated rings. The van der Waals surface area contributed by atoms with Crippen molar-refractivity contribution in [2.45, 2.75) is 26.2 Å². The van der Waals surface area contributed by atoms with Crippen molar-refractivity contribution in [2.75, 3.05) is 13.7 Å². The van der Waals surface area contributed by atoms with Crippen molar-refractivity contribution >= 4 is 35.0 Å². The van der Waals surface area contributed by atoms with Gasteiger partial charge in [0.25, 0.3) is 0 Å². The number of likely N-dealkylation sites (N-methyl/N-ethyl adjacent to an activating group) is 1. The molecule has 0 saturated heterocycles. The first kappa shape index (κ1) is 17.1. The van der Waals surface area contributed by atoms with Gasteiger partial charge in [0.05, 0.1) is 21.3 Å². The monoisotopic (exact) mass is 365 g/mol. The number of Topliss-reactive ketones (excluding diaryl/α,β-unsaturated/α-hetero) is 1. The summed E-state index contributed by atoms with van der Waals surface area (Å²) in [4.78, 5) is 26.9. The smallest absolute Gasteiger partial charge is 0.337 e. The lowest BCUT2D eigenvalue weighted by atomic mass is 9.78. The summed E-state index contributed by atoms with van der Waals surface area (Å²) in [7, 11) is 1.85. The predicted octanol–water partition coefficient (Wildman–Crippen LogP) is 4.09. The Labute approximate surface area is 150 Å². The van der Waals surface area contributed by atoms with E-state index in [0.29, 0.717) is 27.6 Å². The minimum atomic E-state index is -0.478. The van der Waals surface area contributed by atoms with Gasteiger partial charge in [-0.15, -0.1) is 0 Å². The van der Waals surface area contributed by atoms with E-state index in [4.69, 9.17) is 27.9 Å². The van der Waals surface area contributed by atoms with Gasteiger partial charge in [0.1, 0.15) is 6.61 Å². The molecule has 2 aliphatic heterocycles. The second-order valence-electron chi connectivity index (χ2n) is 5.88. The summed E-state index contributed by atoms with van der Waals surface area (Å²) in [5.41, 5.74) is 3.51. The molecule has 6 heteroatoms. The summed E-state index contributed by atoms with van der Waals surface area (Å²) in [6, 6.07) is 5.20. The van der Waals surface area contributed by atoms with Crippen molar-refractivity contribution in [3.8, 4) is 0 Å². The van der Waals surface area contributed by atoms with Crippen LogP contribution in [0.25, 0.3) is 0 Å². The van der Waals surface area contributed by atoms with E-state index in [1.54, 1.807) is 18.2 Å². The molecule has 0 aromatic heterocycles. The van der Waals surface area contributed by atoms with Crippen molar-refractivity contribution in [3.63, 3.8) is 0 Å². The molecular formula is C18H17Cl2NO3. The Morgan fingerprint density at radius 1 is 1.33 bits per heavy atom. The molecule has 0 spiro atoms. The molecule has 4 nitrogen and oxygen atoms in total. The molecule has 1 aromatic carbocycles. The molecule has 24 heavy (non-hydrogen) atoms. The summed E-state index contributed by atoms with van der Waals surface area (Å²) in [5.74, 6) is -0.864. The average Bonchev–Trinajstić information content (AvgIpc) is 2.94. The highest BCUT2D eigenvalue weighted by atomic mass is 35.5. The van der Waals surface area contributed by atoms with Crippen molar-refractivity contribution < 1.29 is 14.3 Å². The fourth-order valence-electron chi connectivity index (χ4n) is 3.28. The van der Waals surface area contributed by atoms with E-state index in [1.807, 2.05) is 25.8 Å². The molecule has 0 bridgehead atoms. The average molecular weight is 366 g/mol. The van der Waals surface area contributed by atoms with E-state index >= 15 is 0 Å². The Kier molecular flexibility index (Phi) is 4.45. The number of carbonyl (C=O) groups excluding carboxylic acids is 2. The van der Waals surface area contributed by atoms with E-state index in [2.05, 4.69) is 0 Å². The highest BCUT2D eigenvalue weighted by Gasteiger charge is 2.42. The Morgan fingerprint density at radius 2 is 2.04 bits per heavy atom. The van der Waals surface area contributed by atoms with E-state index in [9.17, 15) is 9.59 Å². The van der Waals surface area contributed by atoms with Crippen LogP contribution in [-0.4, -0.2) is 30.3 Å². The number of allylic oxidation sites excluding steroid dienone is 2. The third-order valence-electron chi connectivity index (χ3n) is 4.64. The molecular weight excluding hydrogens is 349 g/mol. The molecule has 0 aliphatic carbocycles. The van der Waals surface area contributed by atoms with Gasteiger partial charge in [-0.05, 0) is 24.6 Å². The van der Waals surface area contributed by atoms with Gasteiger partial charge in [-0.25, -0.2) is 4.79 Å². The summed E-state index contributed by atoms with van der Waals surface area (Å²) in [6.07, 6.45) is 0.357. The van der Waals surface area contributed by atoms with Crippen LogP contribution in [0.1, 0.15) is 31.7 Å². The summed E-state index contributed by atoms with van der Waals surface area (Å²) >= 11 is 12.2. The second-order valence-corrected chi connectivity index (χ2v) is 6.69. The normalized spacial score (nSPS) is 20.5. The zero-order chi connectivity index (χ0) is 17.6. The Bertz CT molecular complexity index is 810. The van der Waals surface area contributed by atoms with E-state index < -0.39 is 5.92 Å². The number of esters is 1. The van der Waals surface area contributed by atoms with Gasteiger partial charge in [0.15, 0.2) is 5.78 Å². The van der Waals surface area contributed by atoms with Gasteiger partial charge in [0, 0.05) is 30.7 Å². The molecule has 0 radical (unpaired) electrons. The van der Waals surface area contributed by atoms with Gasteiger partial charge in [-0.3, -0.25) is 4.79 Å². The van der Waals surface area contributed by atoms with E-state index in [1.165, 1.54) is 0 Å². The fraction of sp³-hybridized carbons (Fsp3) is 0.333. The lowest BCUT2D eigenvalue weighted by Gasteiger charge is -2.33. The minimum Gasteiger partial charge on any atom is -0.456 e. The van der Waals surface area contributed by atoms with Gasteiger partial charge in [-0.2, -0.15) is 0 Å². The second kappa shape index (κ2) is 6.26. The van der Waals surface area contributed by atoms with Gasteiger partial charge in [-0.1, -0.05) is 36.2 Å². The molecule has 0 amide bonds. The van der Waals surface area contributed by atoms with Crippen LogP contribution in [0.4, 0.5) is 0 Å². The molecule has 3 rings (SSSR count). The molecule has 1 atom stereocenters. The number of carbonyl (C=O) groups is 2. The van der Waals surface area contributed by atoms with Gasteiger partial charge < -0.3 is 9.64 Å². The molecule has 2 aliphatic rings. The topological polar surface area (TPSA) is 46.6 Å². The standard InChI is InChI=1S/C18H17Cl2NO3/c1-4-14(22)15-9(2)21(3)13-8-24-18(23)17(13)16(15)10-5-6-11(19)12(20)7-10/h5-7,16H,4,8H2,1-3H3. The molecule has 2 heterocycles. The fourth-order valence-corrected chi connectivity index (χ4v) is 3.59. The van der Waals surface area contributed by atoms with Crippen molar-refractivity contribution in [2.24, 2.45) is 0 Å². The van der Waals surface area contributed by atoms with E-state index in [-0.39, 0.29) is 18.4 Å². The molecule has 1 aromatic rings. The van der Waals surface area contributed by atoms with Crippen molar-refractivity contribution in [1.82, 2.24) is 4.90 Å². The van der Waals surface area contributed by atoms with Crippen LogP contribution in [0.3, 0.4) is 0 Å². The number of hydrogen-bond donors (Lipinski definition) is 0. The zero-order valence-electron chi connectivity index (χ0n) is 13.7. The number of hydrogen-bond acceptors (Lipinski definition) is 4. The third-order valence-corrected chi connectivity index (χ3v) is 5.38. The number of ketones is 1. The quantitative estimate of drug-likeness (QED) is 0.756. The minimum absolute atomic E-state index is 0.00155. The first-order valence-electron chi connectivity index (χ1n) is 7.69. The highest BCUT2D eigenvalue weighted by molar-refractivity contribution is 6.42. The summed E-state index contributed by atoms with van der Waals surface area (Å²) in [6.45, 7) is 3.92. The maximum absolute atomic E-state index is 12.6. The maximum atomic E-state index is 12.6. The molecule has 0 saturated carbocycles. The van der Waals surface area contributed by atoms with Crippen molar-refractivity contribution in [1.29, 1.82) is 0 Å². The number of nitrogens with zero attached hydrogens (tertiary/aromatic N) is 1. The van der Waals surface area contributed by atoms with Crippen LogP contribution in [0.15, 0.2) is 40.7 Å². The Balaban J connectivity index is 2.25. The molecule has 126 valence electrons. The maximum Gasteiger partial charge on any atom is 0.337 e.